The van der Waals surface area contributed by atoms with Crippen LogP contribution in [0, 0.1) is 0 Å². The van der Waals surface area contributed by atoms with Crippen molar-refractivity contribution in [2.24, 2.45) is 0 Å². The van der Waals surface area contributed by atoms with Crippen LogP contribution < -0.4 is 9.47 Å². The highest BCUT2D eigenvalue weighted by molar-refractivity contribution is 5.73. The van der Waals surface area contributed by atoms with Crippen molar-refractivity contribution < 1.29 is 19.1 Å². The molecule has 0 aliphatic carbocycles. The van der Waals surface area contributed by atoms with Gasteiger partial charge in [0.15, 0.2) is 11.5 Å². The molecule has 130 valence electrons. The lowest BCUT2D eigenvalue weighted by molar-refractivity contribution is -0.134. The van der Waals surface area contributed by atoms with Gasteiger partial charge in [0.2, 0.25) is 0 Å². The van der Waals surface area contributed by atoms with Crippen molar-refractivity contribution in [3.05, 3.63) is 72.3 Å². The summed E-state index contributed by atoms with van der Waals surface area (Å²) in [5.74, 6) is -0.271. The zero-order valence-corrected chi connectivity index (χ0v) is 14.7. The van der Waals surface area contributed by atoms with E-state index in [2.05, 4.69) is 25.6 Å². The topological polar surface area (TPSA) is 52.6 Å². The Morgan fingerprint density at radius 3 is 2.08 bits per heavy atom. The summed E-state index contributed by atoms with van der Waals surface area (Å²) in [7, 11) is 0. The lowest BCUT2D eigenvalue weighted by Gasteiger charge is -2.22. The molecule has 0 bridgehead atoms. The molecule has 0 amide bonds. The molecule has 25 heavy (non-hydrogen) atoms. The molecular weight excluding hydrogens is 316 g/mol. The molecule has 0 heterocycles. The van der Waals surface area contributed by atoms with Gasteiger partial charge in [-0.2, -0.15) is 0 Å². The summed E-state index contributed by atoms with van der Waals surface area (Å²) in [5.41, 5.74) is 2.11. The molecule has 0 N–H and O–H groups in total. The number of esters is 2. The highest BCUT2D eigenvalue weighted by atomic mass is 16.6. The molecule has 2 aromatic carbocycles. The highest BCUT2D eigenvalue weighted by Gasteiger charge is 2.20. The number of carbonyl (C=O) groups excluding carboxylic acids is 2. The first-order valence-corrected chi connectivity index (χ1v) is 8.10. The van der Waals surface area contributed by atoms with Crippen LogP contribution in [0.1, 0.15) is 43.7 Å². The van der Waals surface area contributed by atoms with Gasteiger partial charge in [0.25, 0.3) is 0 Å². The number of benzene rings is 2. The summed E-state index contributed by atoms with van der Waals surface area (Å²) >= 11 is 0. The van der Waals surface area contributed by atoms with Crippen molar-refractivity contribution >= 4 is 11.9 Å². The molecule has 0 spiro atoms. The molecular formula is C21H22O4. The Balaban J connectivity index is 2.38. The Bertz CT molecular complexity index is 765. The molecule has 0 fully saturated rings. The van der Waals surface area contributed by atoms with Gasteiger partial charge in [-0.3, -0.25) is 9.59 Å². The summed E-state index contributed by atoms with van der Waals surface area (Å²) in [6, 6.07) is 15.3. The predicted octanol–water partition coefficient (Wildman–Crippen LogP) is 4.61. The quantitative estimate of drug-likeness (QED) is 0.438. The average Bonchev–Trinajstić information content (AvgIpc) is 2.57. The van der Waals surface area contributed by atoms with Gasteiger partial charge in [-0.25, -0.2) is 0 Å². The maximum Gasteiger partial charge on any atom is 0.308 e. The fourth-order valence-electron chi connectivity index (χ4n) is 2.79. The molecule has 0 radical (unpaired) electrons. The number of rotatable bonds is 6. The van der Waals surface area contributed by atoms with Crippen LogP contribution in [0.25, 0.3) is 0 Å². The Morgan fingerprint density at radius 2 is 1.52 bits per heavy atom. The van der Waals surface area contributed by atoms with Gasteiger partial charge in [0, 0.05) is 19.8 Å². The lowest BCUT2D eigenvalue weighted by atomic mass is 9.83. The summed E-state index contributed by atoms with van der Waals surface area (Å²) in [6.45, 7) is 8.65. The lowest BCUT2D eigenvalue weighted by Crippen LogP contribution is -2.10. The standard InChI is InChI=1S/C21H22O4/c1-5-19(17-9-7-6-8-10-17)14(2)18-11-12-20(24-15(3)22)21(13-18)25-16(4)23/h5-14,19H,1H2,2-4H3. The second-order valence-corrected chi connectivity index (χ2v) is 5.85. The van der Waals surface area contributed by atoms with Crippen LogP contribution in [0.2, 0.25) is 0 Å². The van der Waals surface area contributed by atoms with Crippen LogP contribution in [-0.4, -0.2) is 11.9 Å². The molecule has 0 saturated carbocycles. The molecule has 2 rings (SSSR count). The van der Waals surface area contributed by atoms with Crippen LogP contribution in [-0.2, 0) is 9.59 Å². The third kappa shape index (κ3) is 4.80. The van der Waals surface area contributed by atoms with Gasteiger partial charge < -0.3 is 9.47 Å². The van der Waals surface area contributed by atoms with Crippen LogP contribution >= 0.6 is 0 Å². The van der Waals surface area contributed by atoms with E-state index in [1.165, 1.54) is 13.8 Å². The molecule has 4 nitrogen and oxygen atoms in total. The van der Waals surface area contributed by atoms with Crippen molar-refractivity contribution in [2.75, 3.05) is 0 Å². The Kier molecular flexibility index (Phi) is 6.12. The minimum Gasteiger partial charge on any atom is -0.423 e. The third-order valence-electron chi connectivity index (χ3n) is 3.98. The molecule has 0 aliphatic rings. The van der Waals surface area contributed by atoms with E-state index in [0.717, 1.165) is 11.1 Å². The predicted molar refractivity (Wildman–Crippen MR) is 96.9 cm³/mol. The minimum absolute atomic E-state index is 0.0978. The first-order chi connectivity index (χ1) is 11.9. The van der Waals surface area contributed by atoms with Gasteiger partial charge in [-0.15, -0.1) is 6.58 Å². The molecule has 2 unspecified atom stereocenters. The third-order valence-corrected chi connectivity index (χ3v) is 3.98. The molecule has 0 aromatic heterocycles. The van der Waals surface area contributed by atoms with Gasteiger partial charge in [0.05, 0.1) is 0 Å². The SMILES string of the molecule is C=CC(c1ccccc1)C(C)c1ccc(OC(C)=O)c(OC(C)=O)c1. The fraction of sp³-hybridized carbons (Fsp3) is 0.238. The van der Waals surface area contributed by atoms with Crippen molar-refractivity contribution in [2.45, 2.75) is 32.6 Å². The van der Waals surface area contributed by atoms with Crippen LogP contribution in [0.4, 0.5) is 0 Å². The summed E-state index contributed by atoms with van der Waals surface area (Å²) in [6.07, 6.45) is 1.91. The van der Waals surface area contributed by atoms with Crippen molar-refractivity contribution in [1.29, 1.82) is 0 Å². The molecule has 2 aromatic rings. The van der Waals surface area contributed by atoms with Crippen LogP contribution in [0.15, 0.2) is 61.2 Å². The zero-order chi connectivity index (χ0) is 18.4. The van der Waals surface area contributed by atoms with Gasteiger partial charge >= 0.3 is 11.9 Å². The Morgan fingerprint density at radius 1 is 0.920 bits per heavy atom. The monoisotopic (exact) mass is 338 g/mol. The minimum atomic E-state index is -0.471. The number of ether oxygens (including phenoxy) is 2. The molecule has 4 heteroatoms. The van der Waals surface area contributed by atoms with Crippen molar-refractivity contribution in [1.82, 2.24) is 0 Å². The smallest absolute Gasteiger partial charge is 0.308 e. The van der Waals surface area contributed by atoms with Crippen LogP contribution in [0.5, 0.6) is 11.5 Å². The average molecular weight is 338 g/mol. The van der Waals surface area contributed by atoms with Gasteiger partial charge in [-0.1, -0.05) is 49.4 Å². The summed E-state index contributed by atoms with van der Waals surface area (Å²) in [5, 5.41) is 0. The normalized spacial score (nSPS) is 12.8. The summed E-state index contributed by atoms with van der Waals surface area (Å²) < 4.78 is 10.3. The fourth-order valence-corrected chi connectivity index (χ4v) is 2.79. The Hall–Kier alpha value is -2.88. The maximum absolute atomic E-state index is 11.4. The largest absolute Gasteiger partial charge is 0.423 e. The van der Waals surface area contributed by atoms with Crippen molar-refractivity contribution in [3.63, 3.8) is 0 Å². The van der Waals surface area contributed by atoms with Gasteiger partial charge in [0.1, 0.15) is 0 Å². The van der Waals surface area contributed by atoms with Crippen LogP contribution in [0.3, 0.4) is 0 Å². The van der Waals surface area contributed by atoms with E-state index in [-0.39, 0.29) is 23.3 Å². The summed E-state index contributed by atoms with van der Waals surface area (Å²) in [4.78, 5) is 22.6. The molecule has 0 saturated heterocycles. The first-order valence-electron chi connectivity index (χ1n) is 8.10. The van der Waals surface area contributed by atoms with Gasteiger partial charge in [-0.05, 0) is 29.2 Å². The first kappa shape index (κ1) is 18.5. The number of carbonyl (C=O) groups is 2. The number of allylic oxidation sites excluding steroid dienone is 1. The van der Waals surface area contributed by atoms with E-state index in [1.807, 2.05) is 30.3 Å². The maximum atomic E-state index is 11.4. The molecule has 2 atom stereocenters. The van der Waals surface area contributed by atoms with E-state index < -0.39 is 11.9 Å². The van der Waals surface area contributed by atoms with E-state index in [4.69, 9.17) is 9.47 Å². The second kappa shape index (κ2) is 8.29. The number of hydrogen-bond acceptors (Lipinski definition) is 4. The van der Waals surface area contributed by atoms with Crippen molar-refractivity contribution in [3.8, 4) is 11.5 Å². The van der Waals surface area contributed by atoms with E-state index in [0.29, 0.717) is 0 Å². The second-order valence-electron chi connectivity index (χ2n) is 5.85. The highest BCUT2D eigenvalue weighted by Crippen LogP contribution is 2.38. The van der Waals surface area contributed by atoms with E-state index in [1.54, 1.807) is 12.1 Å². The zero-order valence-electron chi connectivity index (χ0n) is 14.7. The number of hydrogen-bond donors (Lipinski definition) is 0. The molecule has 0 aliphatic heterocycles. The van der Waals surface area contributed by atoms with E-state index >= 15 is 0 Å². The van der Waals surface area contributed by atoms with E-state index in [9.17, 15) is 9.59 Å². The Labute approximate surface area is 148 Å².